The molecule has 0 radical (unpaired) electrons. The van der Waals surface area contributed by atoms with Crippen LogP contribution in [0.5, 0.6) is 5.75 Å². The molecule has 1 aliphatic rings. The van der Waals surface area contributed by atoms with E-state index in [1.807, 2.05) is 0 Å². The molecule has 1 aliphatic heterocycles. The van der Waals surface area contributed by atoms with Crippen LogP contribution in [0, 0.1) is 0 Å². The molecular formula is C12H16O. The van der Waals surface area contributed by atoms with E-state index in [0.717, 1.165) is 18.8 Å². The Kier molecular flexibility index (Phi) is 2.26. The molecule has 2 rings (SSSR count). The van der Waals surface area contributed by atoms with Crippen molar-refractivity contribution in [3.05, 3.63) is 29.3 Å². The number of rotatable bonds is 2. The Balaban J connectivity index is 2.29. The standard InChI is InChI=1S/C12H16O/c1-3-4-10-5-6-11-9(2)8-13-12(11)7-10/h5-7,9H,3-4,8H2,1-2H3/t9-/m0/s1. The first kappa shape index (κ1) is 8.61. The van der Waals surface area contributed by atoms with Gasteiger partial charge in [-0.05, 0) is 18.1 Å². The third-order valence-electron chi connectivity index (χ3n) is 2.64. The molecule has 1 atom stereocenters. The van der Waals surface area contributed by atoms with Gasteiger partial charge in [0.05, 0.1) is 6.61 Å². The Morgan fingerprint density at radius 2 is 2.31 bits per heavy atom. The summed E-state index contributed by atoms with van der Waals surface area (Å²) in [5, 5.41) is 0. The van der Waals surface area contributed by atoms with Crippen molar-refractivity contribution in [2.24, 2.45) is 0 Å². The number of benzene rings is 1. The van der Waals surface area contributed by atoms with E-state index in [1.165, 1.54) is 17.5 Å². The lowest BCUT2D eigenvalue weighted by Crippen LogP contribution is -1.93. The Hall–Kier alpha value is -0.980. The molecule has 0 saturated heterocycles. The first-order chi connectivity index (χ1) is 6.31. The lowest BCUT2D eigenvalue weighted by molar-refractivity contribution is 0.337. The summed E-state index contributed by atoms with van der Waals surface area (Å²) in [5.74, 6) is 1.68. The predicted octanol–water partition coefficient (Wildman–Crippen LogP) is 3.14. The first-order valence-corrected chi connectivity index (χ1v) is 5.07. The van der Waals surface area contributed by atoms with Gasteiger partial charge in [-0.25, -0.2) is 0 Å². The Morgan fingerprint density at radius 1 is 1.46 bits per heavy atom. The fraction of sp³-hybridized carbons (Fsp3) is 0.500. The fourth-order valence-corrected chi connectivity index (χ4v) is 1.86. The van der Waals surface area contributed by atoms with Crippen molar-refractivity contribution in [1.82, 2.24) is 0 Å². The van der Waals surface area contributed by atoms with Crippen molar-refractivity contribution in [2.75, 3.05) is 6.61 Å². The number of fused-ring (bicyclic) bond motifs is 1. The SMILES string of the molecule is CCCc1ccc2c(c1)OC[C@@H]2C. The van der Waals surface area contributed by atoms with Crippen LogP contribution in [-0.2, 0) is 6.42 Å². The van der Waals surface area contributed by atoms with Crippen LogP contribution in [0.4, 0.5) is 0 Å². The maximum absolute atomic E-state index is 5.60. The summed E-state index contributed by atoms with van der Waals surface area (Å²) in [5.41, 5.74) is 2.77. The van der Waals surface area contributed by atoms with Crippen LogP contribution in [0.15, 0.2) is 18.2 Å². The maximum atomic E-state index is 5.60. The van der Waals surface area contributed by atoms with Gasteiger partial charge in [-0.1, -0.05) is 32.4 Å². The molecular weight excluding hydrogens is 160 g/mol. The molecule has 1 heteroatoms. The van der Waals surface area contributed by atoms with Gasteiger partial charge in [-0.2, -0.15) is 0 Å². The summed E-state index contributed by atoms with van der Waals surface area (Å²) in [6.45, 7) is 5.27. The molecule has 0 saturated carbocycles. The quantitative estimate of drug-likeness (QED) is 0.672. The van der Waals surface area contributed by atoms with Crippen LogP contribution in [0.2, 0.25) is 0 Å². The molecule has 0 bridgehead atoms. The van der Waals surface area contributed by atoms with Crippen molar-refractivity contribution >= 4 is 0 Å². The Morgan fingerprint density at radius 3 is 3.08 bits per heavy atom. The van der Waals surface area contributed by atoms with E-state index in [0.29, 0.717) is 5.92 Å². The predicted molar refractivity (Wildman–Crippen MR) is 54.3 cm³/mol. The van der Waals surface area contributed by atoms with Crippen LogP contribution in [-0.4, -0.2) is 6.61 Å². The van der Waals surface area contributed by atoms with E-state index in [4.69, 9.17) is 4.74 Å². The summed E-state index contributed by atoms with van der Waals surface area (Å²) in [7, 11) is 0. The molecule has 70 valence electrons. The molecule has 0 aliphatic carbocycles. The number of hydrogen-bond acceptors (Lipinski definition) is 1. The minimum absolute atomic E-state index is 0.575. The van der Waals surface area contributed by atoms with E-state index in [1.54, 1.807) is 0 Å². The largest absolute Gasteiger partial charge is 0.493 e. The van der Waals surface area contributed by atoms with Gasteiger partial charge >= 0.3 is 0 Å². The third kappa shape index (κ3) is 1.55. The van der Waals surface area contributed by atoms with Crippen molar-refractivity contribution in [2.45, 2.75) is 32.6 Å². The summed E-state index contributed by atoms with van der Waals surface area (Å²) >= 11 is 0. The van der Waals surface area contributed by atoms with Gasteiger partial charge in [0.25, 0.3) is 0 Å². The molecule has 1 heterocycles. The van der Waals surface area contributed by atoms with Crippen molar-refractivity contribution in [3.63, 3.8) is 0 Å². The van der Waals surface area contributed by atoms with Crippen molar-refractivity contribution < 1.29 is 4.74 Å². The van der Waals surface area contributed by atoms with Crippen molar-refractivity contribution in [3.8, 4) is 5.75 Å². The minimum Gasteiger partial charge on any atom is -0.493 e. The van der Waals surface area contributed by atoms with E-state index >= 15 is 0 Å². The zero-order chi connectivity index (χ0) is 9.26. The van der Waals surface area contributed by atoms with Gasteiger partial charge in [0.1, 0.15) is 5.75 Å². The molecule has 0 spiro atoms. The molecule has 0 unspecified atom stereocenters. The van der Waals surface area contributed by atoms with Crippen molar-refractivity contribution in [1.29, 1.82) is 0 Å². The average molecular weight is 176 g/mol. The van der Waals surface area contributed by atoms with Crippen LogP contribution in [0.1, 0.15) is 37.3 Å². The molecule has 0 N–H and O–H groups in total. The number of hydrogen-bond donors (Lipinski definition) is 0. The van der Waals surface area contributed by atoms with Gasteiger partial charge in [0.15, 0.2) is 0 Å². The molecule has 1 aromatic carbocycles. The smallest absolute Gasteiger partial charge is 0.123 e. The monoisotopic (exact) mass is 176 g/mol. The number of ether oxygens (including phenoxy) is 1. The average Bonchev–Trinajstić information content (AvgIpc) is 2.48. The third-order valence-corrected chi connectivity index (χ3v) is 2.64. The van der Waals surface area contributed by atoms with E-state index in [-0.39, 0.29) is 0 Å². The molecule has 0 fully saturated rings. The van der Waals surface area contributed by atoms with E-state index < -0.39 is 0 Å². The summed E-state index contributed by atoms with van der Waals surface area (Å²) < 4.78 is 5.60. The second kappa shape index (κ2) is 3.41. The summed E-state index contributed by atoms with van der Waals surface area (Å²) in [6.07, 6.45) is 2.36. The zero-order valence-electron chi connectivity index (χ0n) is 8.34. The number of aryl methyl sites for hydroxylation is 1. The highest BCUT2D eigenvalue weighted by molar-refractivity contribution is 5.42. The first-order valence-electron chi connectivity index (χ1n) is 5.07. The molecule has 1 aromatic rings. The van der Waals surface area contributed by atoms with Gasteiger partial charge in [0, 0.05) is 11.5 Å². The summed E-state index contributed by atoms with van der Waals surface area (Å²) in [4.78, 5) is 0. The zero-order valence-corrected chi connectivity index (χ0v) is 8.34. The second-order valence-electron chi connectivity index (χ2n) is 3.83. The van der Waals surface area contributed by atoms with Crippen LogP contribution >= 0.6 is 0 Å². The highest BCUT2D eigenvalue weighted by Crippen LogP contribution is 2.34. The molecule has 1 nitrogen and oxygen atoms in total. The Bertz CT molecular complexity index is 304. The van der Waals surface area contributed by atoms with Gasteiger partial charge in [-0.3, -0.25) is 0 Å². The van der Waals surface area contributed by atoms with E-state index in [2.05, 4.69) is 32.0 Å². The van der Waals surface area contributed by atoms with Gasteiger partial charge in [0.2, 0.25) is 0 Å². The van der Waals surface area contributed by atoms with Crippen LogP contribution < -0.4 is 4.74 Å². The maximum Gasteiger partial charge on any atom is 0.123 e. The molecule has 0 aromatic heterocycles. The minimum atomic E-state index is 0.575. The highest BCUT2D eigenvalue weighted by atomic mass is 16.5. The van der Waals surface area contributed by atoms with Crippen LogP contribution in [0.3, 0.4) is 0 Å². The Labute approximate surface area is 79.7 Å². The summed E-state index contributed by atoms with van der Waals surface area (Å²) in [6, 6.07) is 6.65. The normalized spacial score (nSPS) is 19.7. The molecule has 0 amide bonds. The second-order valence-corrected chi connectivity index (χ2v) is 3.83. The lowest BCUT2D eigenvalue weighted by Gasteiger charge is -2.03. The van der Waals surface area contributed by atoms with Gasteiger partial charge < -0.3 is 4.74 Å². The van der Waals surface area contributed by atoms with Gasteiger partial charge in [-0.15, -0.1) is 0 Å². The topological polar surface area (TPSA) is 9.23 Å². The lowest BCUT2D eigenvalue weighted by atomic mass is 10.0. The van der Waals surface area contributed by atoms with Crippen LogP contribution in [0.25, 0.3) is 0 Å². The molecule has 13 heavy (non-hydrogen) atoms. The fourth-order valence-electron chi connectivity index (χ4n) is 1.86. The van der Waals surface area contributed by atoms with E-state index in [9.17, 15) is 0 Å². The highest BCUT2D eigenvalue weighted by Gasteiger charge is 2.19.